The molecule has 0 bridgehead atoms. The molecule has 1 N–H and O–H groups in total. The van der Waals surface area contributed by atoms with Gasteiger partial charge in [-0.15, -0.1) is 0 Å². The summed E-state index contributed by atoms with van der Waals surface area (Å²) < 4.78 is 30.6. The predicted octanol–water partition coefficient (Wildman–Crippen LogP) is 6.33. The number of ether oxygens (including phenoxy) is 5. The number of rotatable bonds is 10. The van der Waals surface area contributed by atoms with E-state index in [1.807, 2.05) is 56.3 Å². The quantitative estimate of drug-likeness (QED) is 0.168. The van der Waals surface area contributed by atoms with E-state index in [0.717, 1.165) is 11.1 Å². The summed E-state index contributed by atoms with van der Waals surface area (Å²) in [6.45, 7) is 12.1. The average Bonchev–Trinajstić information content (AvgIpc) is 3.54. The van der Waals surface area contributed by atoms with E-state index in [4.69, 9.17) is 23.7 Å². The molecule has 6 rings (SSSR count). The zero-order valence-corrected chi connectivity index (χ0v) is 32.0. The summed E-state index contributed by atoms with van der Waals surface area (Å²) in [6.07, 6.45) is 0.976. The Morgan fingerprint density at radius 2 is 1.42 bits per heavy atom. The molecule has 1 unspecified atom stereocenters. The van der Waals surface area contributed by atoms with Crippen molar-refractivity contribution < 1.29 is 48.0 Å². The van der Waals surface area contributed by atoms with Gasteiger partial charge in [-0.3, -0.25) is 19.2 Å². The minimum Gasteiger partial charge on any atom is -0.466 e. The van der Waals surface area contributed by atoms with Crippen molar-refractivity contribution in [2.45, 2.75) is 104 Å². The van der Waals surface area contributed by atoms with Crippen LogP contribution in [0.3, 0.4) is 0 Å². The molecule has 0 aromatic heterocycles. The van der Waals surface area contributed by atoms with Crippen molar-refractivity contribution in [3.8, 4) is 0 Å². The first-order valence-corrected chi connectivity index (χ1v) is 18.8. The molecule has 1 aliphatic heterocycles. The van der Waals surface area contributed by atoms with Crippen molar-refractivity contribution >= 4 is 23.9 Å². The fraction of sp³-hybridized carbons (Fsp3) is 0.581. The van der Waals surface area contributed by atoms with Crippen LogP contribution in [-0.2, 0) is 42.9 Å². The third-order valence-electron chi connectivity index (χ3n) is 13.4. The molecule has 0 radical (unpaired) electrons. The van der Waals surface area contributed by atoms with Crippen molar-refractivity contribution in [3.05, 3.63) is 83.4 Å². The molecule has 0 amide bonds. The first-order valence-electron chi connectivity index (χ1n) is 18.8. The van der Waals surface area contributed by atoms with Gasteiger partial charge in [-0.05, 0) is 66.7 Å². The Labute approximate surface area is 312 Å². The molecule has 1 heterocycles. The van der Waals surface area contributed by atoms with Crippen LogP contribution in [0.1, 0.15) is 91.2 Å². The largest absolute Gasteiger partial charge is 0.466 e. The number of carbonyl (C=O) groups is 4. The molecule has 10 heteroatoms. The number of hydrogen-bond acceptors (Lipinski definition) is 10. The summed E-state index contributed by atoms with van der Waals surface area (Å²) in [5.74, 6) is -3.43. The van der Waals surface area contributed by atoms with Crippen molar-refractivity contribution in [1.82, 2.24) is 0 Å². The van der Waals surface area contributed by atoms with Crippen LogP contribution in [0.5, 0.6) is 0 Å². The molecule has 10 atom stereocenters. The van der Waals surface area contributed by atoms with Crippen LogP contribution in [0.25, 0.3) is 0 Å². The van der Waals surface area contributed by atoms with Crippen LogP contribution in [-0.4, -0.2) is 72.7 Å². The standard InChI is InChI=1S/C43H54O10/c1-26-22-36(51-28(3)45)41(7)34(43(26,48)23-33(31-14-10-8-11-15-31)32-16-12-9-13-17-32)18-19-40(6)35-24-49-25-42(35,20-21-50-27(2)44)39(53-30(5)47)37(38(40)41)52-29(4)46/h8-17,22,33-39,48H,18-21,23-25H2,1-7H3/t34-,35+,36-,37+,38?,39+,40+,41-,42+,43-/m1/s1. The van der Waals surface area contributed by atoms with E-state index in [9.17, 15) is 24.3 Å². The van der Waals surface area contributed by atoms with Gasteiger partial charge in [0.15, 0.2) is 0 Å². The third kappa shape index (κ3) is 6.71. The Balaban J connectivity index is 1.55. The molecule has 53 heavy (non-hydrogen) atoms. The fourth-order valence-electron chi connectivity index (χ4n) is 11.4. The van der Waals surface area contributed by atoms with E-state index >= 15 is 0 Å². The minimum atomic E-state index is -1.38. The topological polar surface area (TPSA) is 135 Å². The number of fused-ring (bicyclic) bond motifs is 5. The van der Waals surface area contributed by atoms with E-state index in [0.29, 0.717) is 37.9 Å². The molecule has 4 aliphatic rings. The highest BCUT2D eigenvalue weighted by Crippen LogP contribution is 2.72. The molecule has 286 valence electrons. The lowest BCUT2D eigenvalue weighted by atomic mass is 9.36. The van der Waals surface area contributed by atoms with Gasteiger partial charge in [0.2, 0.25) is 0 Å². The second-order valence-electron chi connectivity index (χ2n) is 16.3. The lowest BCUT2D eigenvalue weighted by Crippen LogP contribution is -2.74. The second kappa shape index (κ2) is 14.7. The van der Waals surface area contributed by atoms with Gasteiger partial charge >= 0.3 is 23.9 Å². The smallest absolute Gasteiger partial charge is 0.303 e. The normalized spacial score (nSPS) is 35.9. The molecule has 0 spiro atoms. The Hall–Kier alpha value is -4.02. The maximum Gasteiger partial charge on any atom is 0.303 e. The van der Waals surface area contributed by atoms with Gasteiger partial charge in [0.1, 0.15) is 18.3 Å². The lowest BCUT2D eigenvalue weighted by molar-refractivity contribution is -0.287. The summed E-state index contributed by atoms with van der Waals surface area (Å²) in [5, 5.41) is 13.4. The van der Waals surface area contributed by atoms with Gasteiger partial charge in [0.05, 0.1) is 25.4 Å². The van der Waals surface area contributed by atoms with Crippen LogP contribution in [0.2, 0.25) is 0 Å². The molecule has 10 nitrogen and oxygen atoms in total. The van der Waals surface area contributed by atoms with Gasteiger partial charge in [-0.2, -0.15) is 0 Å². The Kier molecular flexibility index (Phi) is 10.7. The minimum absolute atomic E-state index is 0.0680. The van der Waals surface area contributed by atoms with E-state index in [2.05, 4.69) is 31.2 Å². The lowest BCUT2D eigenvalue weighted by Gasteiger charge is -2.70. The SMILES string of the molecule is CC(=O)OCC[C@]12COC[C@H]1[C@]1(C)CC[C@@H]3[C@@](C)(C1[C@H](OC(C)=O)[C@@H]2OC(C)=O)[C@H](OC(C)=O)C=C(C)[C@]3(O)CC(c1ccccc1)c1ccccc1. The van der Waals surface area contributed by atoms with E-state index in [1.165, 1.54) is 27.7 Å². The molecule has 1 saturated heterocycles. The van der Waals surface area contributed by atoms with Crippen molar-refractivity contribution in [2.24, 2.45) is 34.0 Å². The predicted molar refractivity (Wildman–Crippen MR) is 195 cm³/mol. The monoisotopic (exact) mass is 730 g/mol. The number of benzene rings is 2. The number of carbonyl (C=O) groups excluding carboxylic acids is 4. The third-order valence-corrected chi connectivity index (χ3v) is 13.4. The Bertz CT molecular complexity index is 1680. The molecule has 2 aromatic rings. The molecule has 3 aliphatic carbocycles. The summed E-state index contributed by atoms with van der Waals surface area (Å²) >= 11 is 0. The van der Waals surface area contributed by atoms with Gasteiger partial charge in [0, 0.05) is 56.3 Å². The first kappa shape index (κ1) is 38.7. The highest BCUT2D eigenvalue weighted by atomic mass is 16.6. The Morgan fingerprint density at radius 3 is 1.96 bits per heavy atom. The molecule has 2 aromatic carbocycles. The van der Waals surface area contributed by atoms with Gasteiger partial charge in [-0.1, -0.05) is 74.5 Å². The highest BCUT2D eigenvalue weighted by Gasteiger charge is 2.76. The summed E-state index contributed by atoms with van der Waals surface area (Å²) in [6, 6.07) is 20.3. The van der Waals surface area contributed by atoms with Gasteiger partial charge in [-0.25, -0.2) is 0 Å². The summed E-state index contributed by atoms with van der Waals surface area (Å²) in [7, 11) is 0. The first-order chi connectivity index (χ1) is 25.1. The maximum atomic E-state index is 13.4. The zero-order valence-electron chi connectivity index (χ0n) is 32.0. The van der Waals surface area contributed by atoms with Crippen molar-refractivity contribution in [3.63, 3.8) is 0 Å². The molecular formula is C43H54O10. The number of hydrogen-bond donors (Lipinski definition) is 1. The van der Waals surface area contributed by atoms with Gasteiger partial charge < -0.3 is 28.8 Å². The van der Waals surface area contributed by atoms with Crippen LogP contribution < -0.4 is 0 Å². The Morgan fingerprint density at radius 1 is 0.830 bits per heavy atom. The van der Waals surface area contributed by atoms with Crippen LogP contribution in [0.15, 0.2) is 72.3 Å². The van der Waals surface area contributed by atoms with Gasteiger partial charge in [0.25, 0.3) is 0 Å². The maximum absolute atomic E-state index is 13.4. The summed E-state index contributed by atoms with van der Waals surface area (Å²) in [4.78, 5) is 51.0. The van der Waals surface area contributed by atoms with Crippen molar-refractivity contribution in [2.75, 3.05) is 19.8 Å². The van der Waals surface area contributed by atoms with Crippen molar-refractivity contribution in [1.29, 1.82) is 0 Å². The number of aliphatic hydroxyl groups is 1. The van der Waals surface area contributed by atoms with E-state index in [-0.39, 0.29) is 25.0 Å². The van der Waals surface area contributed by atoms with E-state index < -0.39 is 75.9 Å². The summed E-state index contributed by atoms with van der Waals surface area (Å²) in [5.41, 5.74) is -1.03. The van der Waals surface area contributed by atoms with Crippen LogP contribution in [0.4, 0.5) is 0 Å². The highest BCUT2D eigenvalue weighted by molar-refractivity contribution is 5.68. The molecule has 2 saturated carbocycles. The molecular weight excluding hydrogens is 676 g/mol. The molecule has 3 fully saturated rings. The fourth-order valence-corrected chi connectivity index (χ4v) is 11.4. The second-order valence-corrected chi connectivity index (χ2v) is 16.3. The van der Waals surface area contributed by atoms with E-state index in [1.54, 1.807) is 0 Å². The van der Waals surface area contributed by atoms with Crippen LogP contribution in [0, 0.1) is 34.0 Å². The van der Waals surface area contributed by atoms with Crippen LogP contribution >= 0.6 is 0 Å². The number of esters is 4. The average molecular weight is 731 g/mol. The zero-order chi connectivity index (χ0) is 38.3.